The maximum atomic E-state index is 11.0. The van der Waals surface area contributed by atoms with E-state index in [1.807, 2.05) is 0 Å². The molecule has 0 spiro atoms. The number of aromatic nitrogens is 1. The second-order valence-electron chi connectivity index (χ2n) is 8.75. The second kappa shape index (κ2) is 9.02. The van der Waals surface area contributed by atoms with Crippen LogP contribution in [0.25, 0.3) is 23.3 Å². The van der Waals surface area contributed by atoms with E-state index >= 15 is 0 Å². The van der Waals surface area contributed by atoms with Crippen LogP contribution < -0.4 is 0 Å². The van der Waals surface area contributed by atoms with Gasteiger partial charge in [0, 0.05) is 24.3 Å². The number of allylic oxidation sites excluding steroid dienone is 2. The summed E-state index contributed by atoms with van der Waals surface area (Å²) in [6, 6.07) is 15.5. The summed E-state index contributed by atoms with van der Waals surface area (Å²) in [4.78, 5) is 26.3. The summed E-state index contributed by atoms with van der Waals surface area (Å²) in [5.74, 6) is 0. The molecule has 170 valence electrons. The summed E-state index contributed by atoms with van der Waals surface area (Å²) in [6.07, 6.45) is 10.1. The highest BCUT2D eigenvalue weighted by atomic mass is 16.6. The molecule has 0 unspecified atom stereocenters. The minimum absolute atomic E-state index is 0.0828. The summed E-state index contributed by atoms with van der Waals surface area (Å²) in [6.45, 7) is 0. The highest BCUT2D eigenvalue weighted by Crippen LogP contribution is 2.37. The Hall–Kier alpha value is -4.13. The predicted octanol–water partition coefficient (Wildman–Crippen LogP) is 6.65. The Morgan fingerprint density at radius 2 is 1.06 bits per heavy atom. The number of rotatable bonds is 4. The van der Waals surface area contributed by atoms with Crippen LogP contribution in [0.15, 0.2) is 54.6 Å². The van der Waals surface area contributed by atoms with E-state index in [-0.39, 0.29) is 21.2 Å². The van der Waals surface area contributed by atoms with Crippen molar-refractivity contribution in [3.05, 3.63) is 108 Å². The first-order valence-electron chi connectivity index (χ1n) is 11.4. The Labute approximate surface area is 196 Å². The first kappa shape index (κ1) is 21.7. The molecule has 0 N–H and O–H groups in total. The van der Waals surface area contributed by atoms with Gasteiger partial charge in [-0.3, -0.25) is 20.2 Å². The van der Waals surface area contributed by atoms with E-state index in [1.165, 1.54) is 35.4 Å². The topological polar surface area (TPSA) is 99.2 Å². The Morgan fingerprint density at radius 1 is 0.647 bits per heavy atom. The fraction of sp³-hybridized carbons (Fsp3) is 0.222. The zero-order valence-corrected chi connectivity index (χ0v) is 18.6. The third kappa shape index (κ3) is 4.37. The predicted molar refractivity (Wildman–Crippen MR) is 132 cm³/mol. The van der Waals surface area contributed by atoms with Crippen molar-refractivity contribution >= 4 is 34.7 Å². The van der Waals surface area contributed by atoms with Crippen molar-refractivity contribution in [3.63, 3.8) is 0 Å². The molecule has 34 heavy (non-hydrogen) atoms. The number of pyridine rings is 1. The summed E-state index contributed by atoms with van der Waals surface area (Å²) in [7, 11) is 0. The van der Waals surface area contributed by atoms with Crippen molar-refractivity contribution in [2.45, 2.75) is 38.5 Å². The quantitative estimate of drug-likeness (QED) is 0.325. The number of aryl methyl sites for hydroxylation is 2. The number of nitrogens with zero attached hydrogens (tertiary/aromatic N) is 3. The van der Waals surface area contributed by atoms with Crippen molar-refractivity contribution in [2.75, 3.05) is 0 Å². The molecule has 2 aliphatic rings. The molecule has 0 saturated carbocycles. The van der Waals surface area contributed by atoms with Crippen LogP contribution in [-0.4, -0.2) is 14.8 Å². The van der Waals surface area contributed by atoms with Crippen molar-refractivity contribution in [1.82, 2.24) is 4.98 Å². The van der Waals surface area contributed by atoms with Crippen LogP contribution >= 0.6 is 0 Å². The van der Waals surface area contributed by atoms with Crippen molar-refractivity contribution < 1.29 is 9.85 Å². The van der Waals surface area contributed by atoms with Gasteiger partial charge in [-0.05, 0) is 108 Å². The molecule has 5 rings (SSSR count). The molecule has 3 aromatic rings. The number of hydrogen-bond acceptors (Lipinski definition) is 5. The number of nitro benzene ring substituents is 2. The van der Waals surface area contributed by atoms with Crippen LogP contribution in [0.3, 0.4) is 0 Å². The minimum Gasteiger partial charge on any atom is -0.258 e. The molecule has 1 aromatic heterocycles. The summed E-state index contributed by atoms with van der Waals surface area (Å²) in [5, 5.41) is 21.9. The maximum absolute atomic E-state index is 11.0. The third-order valence-corrected chi connectivity index (χ3v) is 6.46. The molecule has 7 heteroatoms. The fourth-order valence-corrected chi connectivity index (χ4v) is 4.78. The summed E-state index contributed by atoms with van der Waals surface area (Å²) in [5.41, 5.74) is 8.86. The maximum Gasteiger partial charge on any atom is 0.269 e. The van der Waals surface area contributed by atoms with E-state index in [1.54, 1.807) is 24.3 Å². The van der Waals surface area contributed by atoms with Crippen molar-refractivity contribution in [1.29, 1.82) is 0 Å². The molecular formula is C27H23N3O4. The van der Waals surface area contributed by atoms with Crippen LogP contribution in [-0.2, 0) is 12.8 Å². The molecule has 7 nitrogen and oxygen atoms in total. The van der Waals surface area contributed by atoms with Gasteiger partial charge in [-0.1, -0.05) is 6.07 Å². The van der Waals surface area contributed by atoms with E-state index in [0.29, 0.717) is 0 Å². The minimum atomic E-state index is -0.389. The van der Waals surface area contributed by atoms with Crippen LogP contribution in [0.1, 0.15) is 59.3 Å². The first-order valence-corrected chi connectivity index (χ1v) is 11.4. The number of benzene rings is 2. The smallest absolute Gasteiger partial charge is 0.258 e. The van der Waals surface area contributed by atoms with Crippen molar-refractivity contribution in [3.8, 4) is 0 Å². The number of nitro groups is 2. The second-order valence-corrected chi connectivity index (χ2v) is 8.75. The van der Waals surface area contributed by atoms with E-state index in [2.05, 4.69) is 18.2 Å². The molecule has 0 saturated heterocycles. The van der Waals surface area contributed by atoms with Gasteiger partial charge in [0.25, 0.3) is 11.4 Å². The van der Waals surface area contributed by atoms with Gasteiger partial charge >= 0.3 is 0 Å². The highest BCUT2D eigenvalue weighted by Gasteiger charge is 2.23. The zero-order chi connectivity index (χ0) is 23.7. The van der Waals surface area contributed by atoms with Crippen LogP contribution in [0.2, 0.25) is 0 Å². The lowest BCUT2D eigenvalue weighted by Crippen LogP contribution is -2.12. The van der Waals surface area contributed by atoms with Crippen LogP contribution in [0.5, 0.6) is 0 Å². The molecule has 0 aliphatic heterocycles. The van der Waals surface area contributed by atoms with Gasteiger partial charge in [0.05, 0.1) is 21.2 Å². The Kier molecular flexibility index (Phi) is 5.76. The molecule has 2 aliphatic carbocycles. The SMILES string of the molecule is O=[N+]([O-])c1ccc(/C=C2/CCCc3cc4c(nc32)/C(=C/c2ccc([N+](=O)[O-])cc2)CCC4)cc1. The summed E-state index contributed by atoms with van der Waals surface area (Å²) >= 11 is 0. The Morgan fingerprint density at radius 3 is 1.44 bits per heavy atom. The van der Waals surface area contributed by atoms with E-state index in [9.17, 15) is 20.2 Å². The molecule has 0 atom stereocenters. The molecule has 2 aromatic carbocycles. The van der Waals surface area contributed by atoms with E-state index in [0.717, 1.165) is 72.2 Å². The number of fused-ring (bicyclic) bond motifs is 2. The third-order valence-electron chi connectivity index (χ3n) is 6.46. The molecule has 1 heterocycles. The van der Waals surface area contributed by atoms with Gasteiger partial charge in [0.15, 0.2) is 0 Å². The molecule has 0 fully saturated rings. The lowest BCUT2D eigenvalue weighted by atomic mass is 9.84. The van der Waals surface area contributed by atoms with Gasteiger partial charge in [0.2, 0.25) is 0 Å². The average Bonchev–Trinajstić information content (AvgIpc) is 2.84. The van der Waals surface area contributed by atoms with Crippen LogP contribution in [0, 0.1) is 20.2 Å². The monoisotopic (exact) mass is 453 g/mol. The fourth-order valence-electron chi connectivity index (χ4n) is 4.78. The first-order chi connectivity index (χ1) is 16.5. The van der Waals surface area contributed by atoms with Gasteiger partial charge < -0.3 is 0 Å². The number of non-ortho nitro benzene ring substituents is 2. The van der Waals surface area contributed by atoms with E-state index in [4.69, 9.17) is 4.98 Å². The Balaban J connectivity index is 1.52. The van der Waals surface area contributed by atoms with Crippen LogP contribution in [0.4, 0.5) is 11.4 Å². The number of hydrogen-bond donors (Lipinski definition) is 0. The normalized spacial score (nSPS) is 17.3. The highest BCUT2D eigenvalue weighted by molar-refractivity contribution is 5.86. The van der Waals surface area contributed by atoms with Crippen molar-refractivity contribution in [2.24, 2.45) is 0 Å². The summed E-state index contributed by atoms with van der Waals surface area (Å²) < 4.78 is 0. The van der Waals surface area contributed by atoms with Gasteiger partial charge in [-0.15, -0.1) is 0 Å². The Bertz CT molecular complexity index is 1240. The largest absolute Gasteiger partial charge is 0.269 e. The molecule has 0 radical (unpaired) electrons. The lowest BCUT2D eigenvalue weighted by Gasteiger charge is -2.25. The van der Waals surface area contributed by atoms with E-state index < -0.39 is 0 Å². The standard InChI is InChI=1S/C27H23N3O4/c31-29(32)24-11-7-18(8-12-24)15-20-3-1-5-22-17-23-6-2-4-21(27(23)28-26(20)22)16-19-9-13-25(14-10-19)30(33)34/h7-17H,1-6H2/b20-15-,21-16+. The molecule has 0 bridgehead atoms. The van der Waals surface area contributed by atoms with Gasteiger partial charge in [-0.2, -0.15) is 0 Å². The lowest BCUT2D eigenvalue weighted by molar-refractivity contribution is -0.385. The van der Waals surface area contributed by atoms with Gasteiger partial charge in [0.1, 0.15) is 0 Å². The zero-order valence-electron chi connectivity index (χ0n) is 18.6. The van der Waals surface area contributed by atoms with Gasteiger partial charge in [-0.25, -0.2) is 4.98 Å². The average molecular weight is 453 g/mol. The molecular weight excluding hydrogens is 430 g/mol. The molecule has 0 amide bonds.